The third kappa shape index (κ3) is 5.42. The quantitative estimate of drug-likeness (QED) is 0.132. The van der Waals surface area contributed by atoms with E-state index in [0.29, 0.717) is 5.84 Å². The van der Waals surface area contributed by atoms with Crippen molar-refractivity contribution >= 4 is 39.8 Å². The number of nitrogens with zero attached hydrogens (tertiary/aromatic N) is 3. The molecule has 4 heteroatoms. The maximum atomic E-state index is 9.16. The van der Waals surface area contributed by atoms with Crippen molar-refractivity contribution in [3.63, 3.8) is 0 Å². The van der Waals surface area contributed by atoms with Crippen LogP contribution in [0.2, 0.25) is 0 Å². The van der Waals surface area contributed by atoms with Gasteiger partial charge in [0.05, 0.1) is 16.4 Å². The Kier molecular flexibility index (Phi) is 8.15. The molecule has 0 atom stereocenters. The Bertz CT molecular complexity index is 2930. The van der Waals surface area contributed by atoms with Gasteiger partial charge in [-0.15, -0.1) is 0 Å². The molecule has 0 unspecified atom stereocenters. The van der Waals surface area contributed by atoms with Gasteiger partial charge in [0, 0.05) is 21.9 Å². The third-order valence-electron chi connectivity index (χ3n) is 11.1. The molecule has 0 saturated carbocycles. The maximum absolute atomic E-state index is 9.16. The van der Waals surface area contributed by atoms with E-state index in [9.17, 15) is 0 Å². The lowest BCUT2D eigenvalue weighted by Crippen LogP contribution is -2.28. The molecule has 1 aromatic heterocycles. The molecule has 0 amide bonds. The summed E-state index contributed by atoms with van der Waals surface area (Å²) in [6.45, 7) is 0. The monoisotopic (exact) mass is 716 g/mol. The Balaban J connectivity index is 1.15. The van der Waals surface area contributed by atoms with E-state index in [1.165, 1.54) is 33.4 Å². The molecule has 4 nitrogen and oxygen atoms in total. The van der Waals surface area contributed by atoms with Crippen LogP contribution in [-0.2, 0) is 5.41 Å². The summed E-state index contributed by atoms with van der Waals surface area (Å²) in [6, 6.07) is 72.1. The van der Waals surface area contributed by atoms with Crippen molar-refractivity contribution in [2.24, 2.45) is 9.98 Å². The number of nitrogens with one attached hydrogen (secondary N) is 1. The van der Waals surface area contributed by atoms with E-state index < -0.39 is 5.41 Å². The summed E-state index contributed by atoms with van der Waals surface area (Å²) < 4.78 is 2.18. The van der Waals surface area contributed by atoms with Crippen LogP contribution in [0.5, 0.6) is 0 Å². The topological polar surface area (TPSA) is 53.5 Å². The van der Waals surface area contributed by atoms with Gasteiger partial charge in [-0.3, -0.25) is 9.98 Å². The standard InChI is InChI=1S/C52H36N4/c53-50(39-22-16-21-38(33-39)36-17-4-1-5-18-36)55-51(37-19-6-2-7-20-37)54-35-56-48-30-15-12-27-44(48)45-32-31-41(34-49(45)56)52(40-23-8-3-9-24-40)46-28-13-10-25-42(46)43-26-11-14-29-47(43)52/h1-35,53H. The molecule has 0 fully saturated rings. The molecule has 0 radical (unpaired) electrons. The molecular formula is C52H36N4. The number of aromatic nitrogens is 1. The highest BCUT2D eigenvalue weighted by Gasteiger charge is 2.46. The molecule has 0 bridgehead atoms. The van der Waals surface area contributed by atoms with Crippen molar-refractivity contribution in [2.45, 2.75) is 5.41 Å². The molecule has 264 valence electrons. The van der Waals surface area contributed by atoms with Crippen LogP contribution in [0.4, 0.5) is 0 Å². The fourth-order valence-electron chi connectivity index (χ4n) is 8.58. The first kappa shape index (κ1) is 33.2. The minimum atomic E-state index is -0.527. The number of rotatable bonds is 6. The van der Waals surface area contributed by atoms with Crippen LogP contribution in [0.1, 0.15) is 33.4 Å². The van der Waals surface area contributed by atoms with Gasteiger partial charge in [0.15, 0.2) is 11.7 Å². The zero-order valence-corrected chi connectivity index (χ0v) is 30.5. The molecule has 0 saturated heterocycles. The smallest absolute Gasteiger partial charge is 0.163 e. The highest BCUT2D eigenvalue weighted by atomic mass is 15.1. The van der Waals surface area contributed by atoms with Crippen LogP contribution in [0.25, 0.3) is 44.1 Å². The van der Waals surface area contributed by atoms with Gasteiger partial charge in [0.25, 0.3) is 0 Å². The fraction of sp³-hybridized carbons (Fsp3) is 0.0192. The van der Waals surface area contributed by atoms with Crippen molar-refractivity contribution in [2.75, 3.05) is 0 Å². The van der Waals surface area contributed by atoms with E-state index in [0.717, 1.165) is 44.1 Å². The Morgan fingerprint density at radius 1 is 0.464 bits per heavy atom. The summed E-state index contributed by atoms with van der Waals surface area (Å²) in [5.41, 5.74) is 12.7. The maximum Gasteiger partial charge on any atom is 0.163 e. The van der Waals surface area contributed by atoms with Gasteiger partial charge in [0.1, 0.15) is 6.34 Å². The average Bonchev–Trinajstić information content (AvgIpc) is 3.76. The van der Waals surface area contributed by atoms with Crippen LogP contribution in [0.3, 0.4) is 0 Å². The van der Waals surface area contributed by atoms with Crippen LogP contribution < -0.4 is 0 Å². The van der Waals surface area contributed by atoms with Gasteiger partial charge in [-0.05, 0) is 62.7 Å². The van der Waals surface area contributed by atoms with E-state index in [1.54, 1.807) is 0 Å². The Morgan fingerprint density at radius 2 is 1.04 bits per heavy atom. The molecule has 10 rings (SSSR count). The van der Waals surface area contributed by atoms with E-state index in [4.69, 9.17) is 15.4 Å². The van der Waals surface area contributed by atoms with Gasteiger partial charge in [0.2, 0.25) is 0 Å². The molecule has 1 N–H and O–H groups in total. The van der Waals surface area contributed by atoms with Crippen molar-refractivity contribution in [3.05, 3.63) is 240 Å². The fourth-order valence-corrected chi connectivity index (χ4v) is 8.58. The van der Waals surface area contributed by atoms with Crippen LogP contribution >= 0.6 is 0 Å². The van der Waals surface area contributed by atoms with Crippen LogP contribution in [0, 0.1) is 5.41 Å². The largest absolute Gasteiger partial charge is 0.300 e. The van der Waals surface area contributed by atoms with Crippen molar-refractivity contribution in [3.8, 4) is 22.3 Å². The molecule has 1 heterocycles. The Morgan fingerprint density at radius 3 is 1.77 bits per heavy atom. The Hall–Kier alpha value is -7.43. The zero-order valence-electron chi connectivity index (χ0n) is 30.5. The summed E-state index contributed by atoms with van der Waals surface area (Å²) >= 11 is 0. The molecule has 0 spiro atoms. The van der Waals surface area contributed by atoms with Gasteiger partial charge < -0.3 is 0 Å². The minimum absolute atomic E-state index is 0.145. The lowest BCUT2D eigenvalue weighted by molar-refractivity contribution is 0.769. The van der Waals surface area contributed by atoms with Gasteiger partial charge >= 0.3 is 0 Å². The Labute approximate surface area is 325 Å². The molecule has 1 aliphatic rings. The summed E-state index contributed by atoms with van der Waals surface area (Å²) in [5.74, 6) is 0.605. The van der Waals surface area contributed by atoms with Gasteiger partial charge in [-0.2, -0.15) is 0 Å². The summed E-state index contributed by atoms with van der Waals surface area (Å²) in [4.78, 5) is 9.99. The highest BCUT2D eigenvalue weighted by Crippen LogP contribution is 2.56. The third-order valence-corrected chi connectivity index (χ3v) is 11.1. The number of para-hydroxylation sites is 1. The second-order valence-electron chi connectivity index (χ2n) is 14.2. The average molecular weight is 717 g/mol. The molecule has 8 aromatic carbocycles. The van der Waals surface area contributed by atoms with Gasteiger partial charge in [-0.25, -0.2) is 9.98 Å². The normalized spacial score (nSPS) is 13.2. The first-order chi connectivity index (χ1) is 27.7. The van der Waals surface area contributed by atoms with Gasteiger partial charge in [-0.1, -0.05) is 188 Å². The molecule has 9 aromatic rings. The van der Waals surface area contributed by atoms with Crippen LogP contribution in [-0.4, -0.2) is 22.6 Å². The number of hydrogen-bond acceptors (Lipinski definition) is 1. The zero-order chi connectivity index (χ0) is 37.5. The lowest BCUT2D eigenvalue weighted by Gasteiger charge is -2.34. The van der Waals surface area contributed by atoms with E-state index >= 15 is 0 Å². The van der Waals surface area contributed by atoms with Crippen LogP contribution in [0.15, 0.2) is 216 Å². The number of fused-ring (bicyclic) bond motifs is 6. The van der Waals surface area contributed by atoms with E-state index in [2.05, 4.69) is 144 Å². The number of aliphatic imine (C=N–C) groups is 2. The van der Waals surface area contributed by atoms with Crippen molar-refractivity contribution < 1.29 is 0 Å². The second kappa shape index (κ2) is 13.8. The first-order valence-electron chi connectivity index (χ1n) is 18.9. The molecule has 56 heavy (non-hydrogen) atoms. The predicted molar refractivity (Wildman–Crippen MR) is 232 cm³/mol. The van der Waals surface area contributed by atoms with Crippen molar-refractivity contribution in [1.82, 2.24) is 4.57 Å². The minimum Gasteiger partial charge on any atom is -0.300 e. The first-order valence-corrected chi connectivity index (χ1v) is 18.9. The summed E-state index contributed by atoms with van der Waals surface area (Å²) in [5, 5.41) is 11.4. The number of hydrogen-bond donors (Lipinski definition) is 1. The van der Waals surface area contributed by atoms with E-state index in [-0.39, 0.29) is 5.84 Å². The second-order valence-corrected chi connectivity index (χ2v) is 14.2. The number of amidine groups is 2. The molecule has 0 aliphatic heterocycles. The number of benzene rings is 8. The summed E-state index contributed by atoms with van der Waals surface area (Å²) in [6.07, 6.45) is 1.87. The SMILES string of the molecule is N=C(N=C(N=Cn1c2ccccc2c2ccc(C3(c4ccccc4)c4ccccc4-c4ccccc43)cc21)c1ccccc1)c1cccc(-c2ccccc2)c1. The van der Waals surface area contributed by atoms with Crippen molar-refractivity contribution in [1.29, 1.82) is 5.41 Å². The lowest BCUT2D eigenvalue weighted by atomic mass is 9.67. The molecule has 1 aliphatic carbocycles. The van der Waals surface area contributed by atoms with E-state index in [1.807, 2.05) is 73.1 Å². The predicted octanol–water partition coefficient (Wildman–Crippen LogP) is 12.2. The molecular weight excluding hydrogens is 681 g/mol. The summed E-state index contributed by atoms with van der Waals surface area (Å²) in [7, 11) is 0. The highest BCUT2D eigenvalue weighted by molar-refractivity contribution is 6.15.